The summed E-state index contributed by atoms with van der Waals surface area (Å²) in [6.45, 7) is 7.83. The molecule has 0 aromatic rings. The molecule has 1 fully saturated rings. The first-order valence-electron chi connectivity index (χ1n) is 5.11. The van der Waals surface area contributed by atoms with Gasteiger partial charge in [0.05, 0.1) is 19.6 Å². The Kier molecular flexibility index (Phi) is 2.72. The minimum Gasteiger partial charge on any atom is -0.378 e. The minimum atomic E-state index is 0.394. The Hall–Kier alpha value is -1.03. The molecule has 0 aromatic carbocycles. The largest absolute Gasteiger partial charge is 0.378 e. The van der Waals surface area contributed by atoms with Crippen LogP contribution in [0, 0.1) is 0 Å². The Morgan fingerprint density at radius 2 is 2.21 bits per heavy atom. The van der Waals surface area contributed by atoms with Crippen molar-refractivity contribution in [3.63, 3.8) is 0 Å². The molecule has 4 heteroatoms. The van der Waals surface area contributed by atoms with Crippen LogP contribution in [0.3, 0.4) is 0 Å². The lowest BCUT2D eigenvalue weighted by molar-refractivity contribution is 0.0523. The molecule has 1 unspecified atom stereocenters. The van der Waals surface area contributed by atoms with E-state index < -0.39 is 0 Å². The summed E-state index contributed by atoms with van der Waals surface area (Å²) in [5, 5.41) is 3.19. The van der Waals surface area contributed by atoms with Crippen molar-refractivity contribution in [3.05, 3.63) is 11.4 Å². The Bertz CT molecular complexity index is 267. The Morgan fingerprint density at radius 3 is 2.93 bits per heavy atom. The lowest BCUT2D eigenvalue weighted by Gasteiger charge is -2.32. The molecule has 0 amide bonds. The molecule has 2 aliphatic heterocycles. The summed E-state index contributed by atoms with van der Waals surface area (Å²) in [4.78, 5) is 6.70. The molecule has 4 nitrogen and oxygen atoms in total. The second kappa shape index (κ2) is 4.00. The van der Waals surface area contributed by atoms with Gasteiger partial charge in [-0.2, -0.15) is 0 Å². The molecule has 1 atom stereocenters. The van der Waals surface area contributed by atoms with Gasteiger partial charge < -0.3 is 15.0 Å². The number of ether oxygens (including phenoxy) is 1. The van der Waals surface area contributed by atoms with E-state index in [2.05, 4.69) is 29.1 Å². The van der Waals surface area contributed by atoms with Crippen LogP contribution in [0.15, 0.2) is 16.4 Å². The molecular weight excluding hydrogens is 178 g/mol. The molecule has 1 saturated heterocycles. The standard InChI is InChI=1S/C10H17N3O/c1-8-9(2)11-7-12-10(8)13-3-5-14-6-4-13/h7,9H,3-6H2,1-2H3,(H,11,12). The average Bonchev–Trinajstić information content (AvgIpc) is 2.23. The van der Waals surface area contributed by atoms with Gasteiger partial charge >= 0.3 is 0 Å². The maximum absolute atomic E-state index is 5.32. The second-order valence-corrected chi connectivity index (χ2v) is 3.75. The summed E-state index contributed by atoms with van der Waals surface area (Å²) in [5.41, 5.74) is 1.31. The maximum Gasteiger partial charge on any atom is 0.131 e. The minimum absolute atomic E-state index is 0.394. The van der Waals surface area contributed by atoms with Gasteiger partial charge in [0, 0.05) is 19.1 Å². The smallest absolute Gasteiger partial charge is 0.131 e. The second-order valence-electron chi connectivity index (χ2n) is 3.75. The zero-order valence-electron chi connectivity index (χ0n) is 8.79. The van der Waals surface area contributed by atoms with Gasteiger partial charge in [0.2, 0.25) is 0 Å². The number of aliphatic imine (C=N–C) groups is 1. The quantitative estimate of drug-likeness (QED) is 0.664. The highest BCUT2D eigenvalue weighted by molar-refractivity contribution is 5.59. The van der Waals surface area contributed by atoms with Crippen LogP contribution < -0.4 is 5.32 Å². The van der Waals surface area contributed by atoms with Crippen LogP contribution in [0.25, 0.3) is 0 Å². The van der Waals surface area contributed by atoms with Crippen molar-refractivity contribution >= 4 is 6.34 Å². The molecule has 0 spiro atoms. The van der Waals surface area contributed by atoms with Crippen LogP contribution in [0.1, 0.15) is 13.8 Å². The van der Waals surface area contributed by atoms with Crippen LogP contribution in [-0.4, -0.2) is 43.6 Å². The van der Waals surface area contributed by atoms with E-state index in [0.29, 0.717) is 6.04 Å². The molecule has 0 bridgehead atoms. The van der Waals surface area contributed by atoms with Crippen LogP contribution in [0.4, 0.5) is 0 Å². The topological polar surface area (TPSA) is 36.9 Å². The molecule has 78 valence electrons. The summed E-state index contributed by atoms with van der Waals surface area (Å²) >= 11 is 0. The predicted molar refractivity (Wildman–Crippen MR) is 56.2 cm³/mol. The van der Waals surface area contributed by atoms with Gasteiger partial charge in [-0.25, -0.2) is 4.99 Å². The number of nitrogens with one attached hydrogen (secondary N) is 1. The van der Waals surface area contributed by atoms with Crippen LogP contribution in [0.2, 0.25) is 0 Å². The molecule has 0 aliphatic carbocycles. The fourth-order valence-electron chi connectivity index (χ4n) is 1.74. The van der Waals surface area contributed by atoms with Gasteiger partial charge in [-0.3, -0.25) is 0 Å². The monoisotopic (exact) mass is 195 g/mol. The molecule has 0 radical (unpaired) electrons. The van der Waals surface area contributed by atoms with Crippen LogP contribution in [-0.2, 0) is 4.74 Å². The highest BCUT2D eigenvalue weighted by Gasteiger charge is 2.19. The Labute approximate surface area is 84.6 Å². The van der Waals surface area contributed by atoms with Gasteiger partial charge in [0.15, 0.2) is 0 Å². The molecule has 0 aromatic heterocycles. The van der Waals surface area contributed by atoms with E-state index in [1.807, 2.05) is 0 Å². The Balaban J connectivity index is 2.14. The van der Waals surface area contributed by atoms with Gasteiger partial charge in [-0.1, -0.05) is 0 Å². The van der Waals surface area contributed by atoms with Crippen molar-refractivity contribution in [3.8, 4) is 0 Å². The van der Waals surface area contributed by atoms with E-state index in [1.165, 1.54) is 5.57 Å². The van der Waals surface area contributed by atoms with Gasteiger partial charge in [0.1, 0.15) is 5.82 Å². The van der Waals surface area contributed by atoms with E-state index in [4.69, 9.17) is 4.74 Å². The fourth-order valence-corrected chi connectivity index (χ4v) is 1.74. The average molecular weight is 195 g/mol. The third-order valence-corrected chi connectivity index (χ3v) is 2.82. The van der Waals surface area contributed by atoms with Gasteiger partial charge in [-0.05, 0) is 19.4 Å². The number of hydrogen-bond acceptors (Lipinski definition) is 4. The molecule has 2 heterocycles. The lowest BCUT2D eigenvalue weighted by atomic mass is 10.1. The highest BCUT2D eigenvalue weighted by Crippen LogP contribution is 2.18. The van der Waals surface area contributed by atoms with Crippen LogP contribution >= 0.6 is 0 Å². The van der Waals surface area contributed by atoms with Gasteiger partial charge in [-0.15, -0.1) is 0 Å². The van der Waals surface area contributed by atoms with Crippen molar-refractivity contribution in [2.45, 2.75) is 19.9 Å². The molecular formula is C10H17N3O. The SMILES string of the molecule is CC1=C(N2CCOCC2)N=CNC1C. The van der Waals surface area contributed by atoms with E-state index in [0.717, 1.165) is 32.1 Å². The van der Waals surface area contributed by atoms with Crippen LogP contribution in [0.5, 0.6) is 0 Å². The summed E-state index contributed by atoms with van der Waals surface area (Å²) in [7, 11) is 0. The van der Waals surface area contributed by atoms with Crippen molar-refractivity contribution in [1.29, 1.82) is 0 Å². The lowest BCUT2D eigenvalue weighted by Crippen LogP contribution is -2.39. The first-order chi connectivity index (χ1) is 6.79. The third kappa shape index (κ3) is 1.75. The van der Waals surface area contributed by atoms with Crippen molar-refractivity contribution < 1.29 is 4.74 Å². The van der Waals surface area contributed by atoms with Crippen molar-refractivity contribution in [1.82, 2.24) is 10.2 Å². The Morgan fingerprint density at radius 1 is 1.50 bits per heavy atom. The van der Waals surface area contributed by atoms with E-state index in [-0.39, 0.29) is 0 Å². The van der Waals surface area contributed by atoms with Gasteiger partial charge in [0.25, 0.3) is 0 Å². The summed E-state index contributed by atoms with van der Waals surface area (Å²) in [5.74, 6) is 1.12. The molecule has 2 aliphatic rings. The van der Waals surface area contributed by atoms with E-state index in [9.17, 15) is 0 Å². The molecule has 0 saturated carbocycles. The first-order valence-corrected chi connectivity index (χ1v) is 5.11. The van der Waals surface area contributed by atoms with E-state index >= 15 is 0 Å². The fraction of sp³-hybridized carbons (Fsp3) is 0.700. The maximum atomic E-state index is 5.32. The number of rotatable bonds is 1. The number of nitrogens with zero attached hydrogens (tertiary/aromatic N) is 2. The van der Waals surface area contributed by atoms with Crippen molar-refractivity contribution in [2.75, 3.05) is 26.3 Å². The zero-order valence-corrected chi connectivity index (χ0v) is 8.79. The molecule has 14 heavy (non-hydrogen) atoms. The summed E-state index contributed by atoms with van der Waals surface area (Å²) < 4.78 is 5.32. The molecule has 2 rings (SSSR count). The summed E-state index contributed by atoms with van der Waals surface area (Å²) in [6, 6.07) is 0.394. The summed E-state index contributed by atoms with van der Waals surface area (Å²) in [6.07, 6.45) is 1.79. The van der Waals surface area contributed by atoms with Crippen molar-refractivity contribution in [2.24, 2.45) is 4.99 Å². The number of morpholine rings is 1. The first kappa shape index (κ1) is 9.52. The highest BCUT2D eigenvalue weighted by atomic mass is 16.5. The zero-order chi connectivity index (χ0) is 9.97. The third-order valence-electron chi connectivity index (χ3n) is 2.82. The predicted octanol–water partition coefficient (Wildman–Crippen LogP) is 0.570. The number of hydrogen-bond donors (Lipinski definition) is 1. The normalized spacial score (nSPS) is 27.9. The van der Waals surface area contributed by atoms with E-state index in [1.54, 1.807) is 6.34 Å². The molecule has 1 N–H and O–H groups in total.